The van der Waals surface area contributed by atoms with Crippen LogP contribution in [0.2, 0.25) is 0 Å². The van der Waals surface area contributed by atoms with Gasteiger partial charge in [0.2, 0.25) is 10.0 Å². The molecule has 9 nitrogen and oxygen atoms in total. The van der Waals surface area contributed by atoms with Gasteiger partial charge in [0.25, 0.3) is 0 Å². The summed E-state index contributed by atoms with van der Waals surface area (Å²) in [6.07, 6.45) is 5.03. The number of rotatable bonds is 13. The van der Waals surface area contributed by atoms with Gasteiger partial charge in [0.05, 0.1) is 19.5 Å². The van der Waals surface area contributed by atoms with E-state index in [-0.39, 0.29) is 18.3 Å². The molecule has 2 aromatic rings. The van der Waals surface area contributed by atoms with E-state index in [1.165, 1.54) is 7.11 Å². The van der Waals surface area contributed by atoms with Gasteiger partial charge in [0.1, 0.15) is 17.4 Å². The first-order valence-corrected chi connectivity index (χ1v) is 15.9. The molecule has 1 unspecified atom stereocenters. The molecular weight excluding hydrogens is 544 g/mol. The van der Waals surface area contributed by atoms with Crippen molar-refractivity contribution in [3.63, 3.8) is 0 Å². The number of hydrogen-bond donors (Lipinski definition) is 1. The van der Waals surface area contributed by atoms with Crippen LogP contribution < -0.4 is 9.46 Å². The molecule has 1 amide bonds. The number of amides is 1. The maximum absolute atomic E-state index is 12.7. The SMILES string of the molecule is COC(=O)C(Cc1ccc(OCCCCC2CCN(C(=O)OC(C)(C)C)CC2)cc1)NS(=O)(=O)Cc1ccccc1. The summed E-state index contributed by atoms with van der Waals surface area (Å²) in [6.45, 7) is 7.74. The van der Waals surface area contributed by atoms with Gasteiger partial charge in [-0.1, -0.05) is 48.9 Å². The van der Waals surface area contributed by atoms with E-state index in [2.05, 4.69) is 4.72 Å². The number of unbranched alkanes of at least 4 members (excludes halogenated alkanes) is 1. The number of benzene rings is 2. The summed E-state index contributed by atoms with van der Waals surface area (Å²) in [5, 5.41) is 0. The number of carbonyl (C=O) groups excluding carboxylic acids is 2. The number of ether oxygens (including phenoxy) is 3. The lowest BCUT2D eigenvalue weighted by Crippen LogP contribution is -2.43. The lowest BCUT2D eigenvalue weighted by molar-refractivity contribution is -0.142. The molecule has 1 fully saturated rings. The zero-order valence-corrected chi connectivity index (χ0v) is 25.5. The van der Waals surface area contributed by atoms with Crippen LogP contribution in [-0.4, -0.2) is 63.8 Å². The van der Waals surface area contributed by atoms with E-state index in [1.807, 2.05) is 56.0 Å². The average molecular weight is 589 g/mol. The number of methoxy groups -OCH3 is 1. The molecule has 0 bridgehead atoms. The van der Waals surface area contributed by atoms with Crippen molar-refractivity contribution < 1.29 is 32.2 Å². The molecule has 10 heteroatoms. The van der Waals surface area contributed by atoms with E-state index >= 15 is 0 Å². The normalized spacial score (nSPS) is 15.3. The Morgan fingerprint density at radius 2 is 1.63 bits per heavy atom. The van der Waals surface area contributed by atoms with Crippen LogP contribution in [0, 0.1) is 5.92 Å². The summed E-state index contributed by atoms with van der Waals surface area (Å²) < 4.78 is 44.0. The molecule has 0 saturated carbocycles. The summed E-state index contributed by atoms with van der Waals surface area (Å²) in [6, 6.07) is 15.1. The minimum Gasteiger partial charge on any atom is -0.494 e. The van der Waals surface area contributed by atoms with Gasteiger partial charge in [-0.05, 0) is 82.1 Å². The van der Waals surface area contributed by atoms with E-state index in [1.54, 1.807) is 24.3 Å². The van der Waals surface area contributed by atoms with Crippen LogP contribution in [0.15, 0.2) is 54.6 Å². The van der Waals surface area contributed by atoms with Crippen LogP contribution in [0.1, 0.15) is 64.0 Å². The van der Waals surface area contributed by atoms with Crippen LogP contribution in [0.4, 0.5) is 4.79 Å². The largest absolute Gasteiger partial charge is 0.494 e. The van der Waals surface area contributed by atoms with Crippen molar-refractivity contribution >= 4 is 22.1 Å². The first-order chi connectivity index (χ1) is 19.4. The van der Waals surface area contributed by atoms with Gasteiger partial charge in [-0.2, -0.15) is 0 Å². The highest BCUT2D eigenvalue weighted by Gasteiger charge is 2.27. The maximum Gasteiger partial charge on any atom is 0.410 e. The van der Waals surface area contributed by atoms with E-state index in [0.717, 1.165) is 56.5 Å². The second kappa shape index (κ2) is 15.2. The van der Waals surface area contributed by atoms with Crippen molar-refractivity contribution in [3.8, 4) is 5.75 Å². The van der Waals surface area contributed by atoms with Gasteiger partial charge in [-0.15, -0.1) is 0 Å². The van der Waals surface area contributed by atoms with Crippen LogP contribution in [0.3, 0.4) is 0 Å². The Morgan fingerprint density at radius 1 is 0.976 bits per heavy atom. The number of sulfonamides is 1. The maximum atomic E-state index is 12.7. The third kappa shape index (κ3) is 11.7. The van der Waals surface area contributed by atoms with Crippen molar-refractivity contribution in [2.45, 2.75) is 76.7 Å². The van der Waals surface area contributed by atoms with Crippen molar-refractivity contribution in [1.82, 2.24) is 9.62 Å². The molecule has 3 rings (SSSR count). The monoisotopic (exact) mass is 588 g/mol. The van der Waals surface area contributed by atoms with Crippen LogP contribution in [0.25, 0.3) is 0 Å². The molecule has 1 aliphatic rings. The fourth-order valence-corrected chi connectivity index (χ4v) is 6.11. The minimum absolute atomic E-state index is 0.160. The molecule has 0 aliphatic carbocycles. The number of nitrogens with one attached hydrogen (secondary N) is 1. The number of carbonyl (C=O) groups is 2. The third-order valence-electron chi connectivity index (χ3n) is 6.91. The number of hydrogen-bond acceptors (Lipinski definition) is 7. The highest BCUT2D eigenvalue weighted by Crippen LogP contribution is 2.24. The fraction of sp³-hybridized carbons (Fsp3) is 0.548. The average Bonchev–Trinajstić information content (AvgIpc) is 2.92. The summed E-state index contributed by atoms with van der Waals surface area (Å²) in [5.41, 5.74) is 0.949. The molecule has 226 valence electrons. The minimum atomic E-state index is -3.75. The molecule has 41 heavy (non-hydrogen) atoms. The predicted molar refractivity (Wildman–Crippen MR) is 158 cm³/mol. The Labute approximate surface area is 244 Å². The van der Waals surface area contributed by atoms with Crippen molar-refractivity contribution in [2.24, 2.45) is 5.92 Å². The Morgan fingerprint density at radius 3 is 2.24 bits per heavy atom. The van der Waals surface area contributed by atoms with Gasteiger partial charge < -0.3 is 19.1 Å². The van der Waals surface area contributed by atoms with Crippen LogP contribution in [-0.2, 0) is 36.5 Å². The van der Waals surface area contributed by atoms with Crippen molar-refractivity contribution in [2.75, 3.05) is 26.8 Å². The molecule has 1 heterocycles. The van der Waals surface area contributed by atoms with Crippen LogP contribution >= 0.6 is 0 Å². The lowest BCUT2D eigenvalue weighted by Gasteiger charge is -2.33. The molecule has 1 N–H and O–H groups in total. The zero-order chi connectivity index (χ0) is 29.9. The Bertz CT molecular complexity index is 1200. The standard InChI is InChI=1S/C31H44N2O7S/c1-31(2,3)40-30(35)33-19-17-24(18-20-33)10-8-9-21-39-27-15-13-25(14-16-27)22-28(29(34)38-4)32-41(36,37)23-26-11-6-5-7-12-26/h5-7,11-16,24,28,32H,8-10,17-23H2,1-4H3. The summed E-state index contributed by atoms with van der Waals surface area (Å²) in [7, 11) is -2.51. The lowest BCUT2D eigenvalue weighted by atomic mass is 9.92. The van der Waals surface area contributed by atoms with Crippen molar-refractivity contribution in [3.05, 3.63) is 65.7 Å². The van der Waals surface area contributed by atoms with Crippen LogP contribution in [0.5, 0.6) is 5.75 Å². The van der Waals surface area contributed by atoms with E-state index < -0.39 is 27.6 Å². The topological polar surface area (TPSA) is 111 Å². The third-order valence-corrected chi connectivity index (χ3v) is 8.27. The predicted octanol–water partition coefficient (Wildman–Crippen LogP) is 5.09. The molecular formula is C31H44N2O7S. The van der Waals surface area contributed by atoms with Gasteiger partial charge in [0.15, 0.2) is 0 Å². The quantitative estimate of drug-likeness (QED) is 0.256. The van der Waals surface area contributed by atoms with E-state index in [9.17, 15) is 18.0 Å². The number of likely N-dealkylation sites (tertiary alicyclic amines) is 1. The van der Waals surface area contributed by atoms with Gasteiger partial charge in [0, 0.05) is 13.1 Å². The smallest absolute Gasteiger partial charge is 0.410 e. The highest BCUT2D eigenvalue weighted by molar-refractivity contribution is 7.88. The Hall–Kier alpha value is -3.11. The summed E-state index contributed by atoms with van der Waals surface area (Å²) >= 11 is 0. The second-order valence-corrected chi connectivity index (χ2v) is 13.3. The zero-order valence-electron chi connectivity index (χ0n) is 24.6. The molecule has 2 aromatic carbocycles. The highest BCUT2D eigenvalue weighted by atomic mass is 32.2. The van der Waals surface area contributed by atoms with E-state index in [4.69, 9.17) is 14.2 Å². The summed E-state index contributed by atoms with van der Waals surface area (Å²) in [5.74, 6) is 0.469. The van der Waals surface area contributed by atoms with E-state index in [0.29, 0.717) is 18.1 Å². The summed E-state index contributed by atoms with van der Waals surface area (Å²) in [4.78, 5) is 26.4. The fourth-order valence-electron chi connectivity index (χ4n) is 4.78. The molecule has 0 radical (unpaired) electrons. The number of nitrogens with zero attached hydrogens (tertiary/aromatic N) is 1. The van der Waals surface area contributed by atoms with Crippen molar-refractivity contribution in [1.29, 1.82) is 0 Å². The van der Waals surface area contributed by atoms with Gasteiger partial charge in [-0.3, -0.25) is 4.79 Å². The first kappa shape index (κ1) is 32.4. The molecule has 1 atom stereocenters. The molecule has 0 spiro atoms. The Balaban J connectivity index is 1.38. The molecule has 1 aliphatic heterocycles. The van der Waals surface area contributed by atoms with Gasteiger partial charge in [-0.25, -0.2) is 17.9 Å². The van der Waals surface area contributed by atoms with Gasteiger partial charge >= 0.3 is 12.1 Å². The number of esters is 1. The Kier molecular flexibility index (Phi) is 12.0. The molecule has 0 aromatic heterocycles. The second-order valence-electron chi connectivity index (χ2n) is 11.5. The number of piperidine rings is 1. The first-order valence-electron chi connectivity index (χ1n) is 14.3. The molecule has 1 saturated heterocycles.